The van der Waals surface area contributed by atoms with Crippen LogP contribution in [0.1, 0.15) is 15.9 Å². The molecular weight excluding hydrogens is 228 g/mol. The van der Waals surface area contributed by atoms with E-state index in [0.717, 1.165) is 0 Å². The second-order valence-electron chi connectivity index (χ2n) is 3.87. The monoisotopic (exact) mass is 243 g/mol. The lowest BCUT2D eigenvalue weighted by molar-refractivity contribution is 0.0694. The molecule has 1 aromatic carbocycles. The lowest BCUT2D eigenvalue weighted by Gasteiger charge is -2.16. The molecule has 0 aliphatic rings. The lowest BCUT2D eigenvalue weighted by Crippen LogP contribution is -2.27. The molecule has 0 fully saturated rings. The third kappa shape index (κ3) is 4.48. The van der Waals surface area contributed by atoms with Gasteiger partial charge in [0.05, 0.1) is 12.1 Å². The van der Waals surface area contributed by atoms with Gasteiger partial charge in [0.25, 0.3) is 6.43 Å². The van der Waals surface area contributed by atoms with Gasteiger partial charge in [-0.2, -0.15) is 0 Å². The summed E-state index contributed by atoms with van der Waals surface area (Å²) in [5.74, 6) is -0.989. The summed E-state index contributed by atoms with van der Waals surface area (Å²) in [6, 6.07) is 6.62. The van der Waals surface area contributed by atoms with Gasteiger partial charge in [-0.3, -0.25) is 0 Å². The minimum Gasteiger partial charge on any atom is -0.478 e. The number of benzene rings is 1. The molecule has 0 heterocycles. The van der Waals surface area contributed by atoms with E-state index < -0.39 is 12.4 Å². The number of likely N-dealkylation sites (N-methyl/N-ethyl adjacent to an activating group) is 1. The average Bonchev–Trinajstić information content (AvgIpc) is 2.25. The number of alkyl halides is 2. The first-order valence-electron chi connectivity index (χ1n) is 5.28. The molecule has 1 aromatic rings. The molecule has 0 aromatic heterocycles. The minimum absolute atomic E-state index is 0.234. The van der Waals surface area contributed by atoms with Crippen LogP contribution in [0.2, 0.25) is 0 Å². The highest BCUT2D eigenvalue weighted by Gasteiger charge is 2.11. The van der Waals surface area contributed by atoms with Crippen molar-refractivity contribution in [2.75, 3.05) is 20.1 Å². The Morgan fingerprint density at radius 1 is 1.41 bits per heavy atom. The van der Waals surface area contributed by atoms with Crippen LogP contribution in [0.3, 0.4) is 0 Å². The molecule has 0 atom stereocenters. The highest BCUT2D eigenvalue weighted by Crippen LogP contribution is 2.10. The topological polar surface area (TPSA) is 40.5 Å². The Kier molecular flexibility index (Phi) is 5.03. The molecule has 17 heavy (non-hydrogen) atoms. The maximum Gasteiger partial charge on any atom is 0.335 e. The number of carbonyl (C=O) groups is 1. The first kappa shape index (κ1) is 13.6. The van der Waals surface area contributed by atoms with E-state index in [1.165, 1.54) is 11.0 Å². The normalized spacial score (nSPS) is 11.1. The Labute approximate surface area is 98.7 Å². The van der Waals surface area contributed by atoms with Gasteiger partial charge in [-0.15, -0.1) is 0 Å². The Morgan fingerprint density at radius 2 is 2.06 bits per heavy atom. The molecule has 0 spiro atoms. The molecule has 0 unspecified atom stereocenters. The predicted octanol–water partition coefficient (Wildman–Crippen LogP) is 2.12. The van der Waals surface area contributed by atoms with Gasteiger partial charge >= 0.3 is 5.97 Å². The van der Waals surface area contributed by atoms with Crippen molar-refractivity contribution >= 4 is 5.97 Å². The summed E-state index contributed by atoms with van der Waals surface area (Å²) in [5.41, 5.74) is 0.902. The molecule has 1 N–H and O–H groups in total. The van der Waals surface area contributed by atoms with Gasteiger partial charge in [0.15, 0.2) is 0 Å². The number of aromatic carboxylic acids is 1. The Morgan fingerprint density at radius 3 is 2.65 bits per heavy atom. The van der Waals surface area contributed by atoms with Crippen LogP contribution in [-0.2, 0) is 6.42 Å². The zero-order chi connectivity index (χ0) is 12.8. The molecule has 94 valence electrons. The van der Waals surface area contributed by atoms with Crippen LogP contribution in [0.4, 0.5) is 8.78 Å². The predicted molar refractivity (Wildman–Crippen MR) is 60.6 cm³/mol. The molecule has 0 amide bonds. The van der Waals surface area contributed by atoms with Crippen molar-refractivity contribution < 1.29 is 18.7 Å². The van der Waals surface area contributed by atoms with Crippen molar-refractivity contribution in [2.45, 2.75) is 12.8 Å². The van der Waals surface area contributed by atoms with Crippen molar-refractivity contribution in [1.29, 1.82) is 0 Å². The van der Waals surface area contributed by atoms with E-state index in [2.05, 4.69) is 0 Å². The van der Waals surface area contributed by atoms with Crippen molar-refractivity contribution in [3.63, 3.8) is 0 Å². The highest BCUT2D eigenvalue weighted by atomic mass is 19.3. The van der Waals surface area contributed by atoms with E-state index >= 15 is 0 Å². The fraction of sp³-hybridized carbons (Fsp3) is 0.417. The number of rotatable bonds is 6. The first-order chi connectivity index (χ1) is 8.00. The van der Waals surface area contributed by atoms with Crippen LogP contribution in [0.5, 0.6) is 0 Å². The van der Waals surface area contributed by atoms with Crippen LogP contribution in [0, 0.1) is 0 Å². The summed E-state index contributed by atoms with van der Waals surface area (Å²) in [6.07, 6.45) is -1.92. The number of halogens is 2. The number of hydrogen-bond donors (Lipinski definition) is 1. The molecule has 1 rings (SSSR count). The highest BCUT2D eigenvalue weighted by molar-refractivity contribution is 5.89. The second kappa shape index (κ2) is 6.30. The largest absolute Gasteiger partial charge is 0.478 e. The molecule has 0 aliphatic heterocycles. The van der Waals surface area contributed by atoms with Crippen molar-refractivity contribution in [1.82, 2.24) is 4.90 Å². The molecule has 5 heteroatoms. The average molecular weight is 243 g/mol. The summed E-state index contributed by atoms with van der Waals surface area (Å²) < 4.78 is 24.2. The number of carboxylic acids is 1. The lowest BCUT2D eigenvalue weighted by atomic mass is 10.0. The van der Waals surface area contributed by atoms with Gasteiger partial charge < -0.3 is 10.0 Å². The Bertz CT molecular complexity index is 383. The van der Waals surface area contributed by atoms with Gasteiger partial charge in [0.1, 0.15) is 0 Å². The fourth-order valence-corrected chi connectivity index (χ4v) is 1.59. The standard InChI is InChI=1S/C12H15F2NO2/c1-15(8-11(13)14)7-6-9-4-2-3-5-10(9)12(16)17/h2-5,11H,6-8H2,1H3,(H,16,17). The Hall–Kier alpha value is -1.49. The second-order valence-corrected chi connectivity index (χ2v) is 3.87. The summed E-state index contributed by atoms with van der Waals surface area (Å²) in [4.78, 5) is 12.4. The molecule has 0 saturated heterocycles. The van der Waals surface area contributed by atoms with Gasteiger partial charge in [-0.1, -0.05) is 18.2 Å². The molecule has 0 bridgehead atoms. The van der Waals surface area contributed by atoms with Crippen molar-refractivity contribution in [3.8, 4) is 0 Å². The van der Waals surface area contributed by atoms with Gasteiger partial charge in [0, 0.05) is 6.54 Å². The van der Waals surface area contributed by atoms with E-state index in [9.17, 15) is 13.6 Å². The quantitative estimate of drug-likeness (QED) is 0.832. The summed E-state index contributed by atoms with van der Waals surface area (Å²) in [7, 11) is 1.59. The zero-order valence-corrected chi connectivity index (χ0v) is 9.57. The molecule has 0 aliphatic carbocycles. The van der Waals surface area contributed by atoms with Crippen molar-refractivity contribution in [3.05, 3.63) is 35.4 Å². The molecular formula is C12H15F2NO2. The fourth-order valence-electron chi connectivity index (χ4n) is 1.59. The van der Waals surface area contributed by atoms with E-state index in [1.54, 1.807) is 25.2 Å². The van der Waals surface area contributed by atoms with Crippen LogP contribution < -0.4 is 0 Å². The van der Waals surface area contributed by atoms with Crippen LogP contribution in [0.15, 0.2) is 24.3 Å². The third-order valence-electron chi connectivity index (χ3n) is 2.46. The van der Waals surface area contributed by atoms with E-state index in [1.807, 2.05) is 0 Å². The smallest absolute Gasteiger partial charge is 0.335 e. The van der Waals surface area contributed by atoms with Gasteiger partial charge in [-0.05, 0) is 25.1 Å². The molecule has 0 radical (unpaired) electrons. The number of hydrogen-bond acceptors (Lipinski definition) is 2. The molecule has 0 saturated carbocycles. The van der Waals surface area contributed by atoms with Crippen LogP contribution in [-0.4, -0.2) is 42.5 Å². The van der Waals surface area contributed by atoms with Gasteiger partial charge in [-0.25, -0.2) is 13.6 Å². The van der Waals surface area contributed by atoms with E-state index in [4.69, 9.17) is 5.11 Å². The molecule has 3 nitrogen and oxygen atoms in total. The summed E-state index contributed by atoms with van der Waals surface area (Å²) in [6.45, 7) is 0.115. The zero-order valence-electron chi connectivity index (χ0n) is 9.57. The number of nitrogens with zero attached hydrogens (tertiary/aromatic N) is 1. The third-order valence-corrected chi connectivity index (χ3v) is 2.46. The SMILES string of the molecule is CN(CCc1ccccc1C(=O)O)CC(F)F. The maximum atomic E-state index is 12.1. The van der Waals surface area contributed by atoms with Crippen molar-refractivity contribution in [2.24, 2.45) is 0 Å². The summed E-state index contributed by atoms with van der Waals surface area (Å²) in [5, 5.41) is 8.94. The van der Waals surface area contributed by atoms with Gasteiger partial charge in [0.2, 0.25) is 0 Å². The first-order valence-corrected chi connectivity index (χ1v) is 5.28. The number of carboxylic acid groups (broad SMARTS) is 1. The Balaban J connectivity index is 2.60. The maximum absolute atomic E-state index is 12.1. The van der Waals surface area contributed by atoms with E-state index in [-0.39, 0.29) is 12.1 Å². The van der Waals surface area contributed by atoms with Crippen LogP contribution >= 0.6 is 0 Å². The van der Waals surface area contributed by atoms with E-state index in [0.29, 0.717) is 18.5 Å². The van der Waals surface area contributed by atoms with Crippen LogP contribution in [0.25, 0.3) is 0 Å². The minimum atomic E-state index is -2.37. The summed E-state index contributed by atoms with van der Waals surface area (Å²) >= 11 is 0.